The lowest BCUT2D eigenvalue weighted by molar-refractivity contribution is -0.163. The van der Waals surface area contributed by atoms with E-state index in [9.17, 15) is 31.2 Å². The molecule has 1 saturated heterocycles. The van der Waals surface area contributed by atoms with Crippen LogP contribution in [0.5, 0.6) is 0 Å². The second-order valence-corrected chi connectivity index (χ2v) is 12.8. The summed E-state index contributed by atoms with van der Waals surface area (Å²) in [6.45, 7) is 0.158. The van der Waals surface area contributed by atoms with Crippen LogP contribution in [0, 0.1) is 35.2 Å². The number of anilines is 1. The van der Waals surface area contributed by atoms with E-state index in [4.69, 9.17) is 21.2 Å². The fraction of sp³-hybridized carbons (Fsp3) is 0.462. The highest BCUT2D eigenvalue weighted by Crippen LogP contribution is 2.56. The Labute approximate surface area is 228 Å². The highest BCUT2D eigenvalue weighted by Gasteiger charge is 2.62. The highest BCUT2D eigenvalue weighted by molar-refractivity contribution is 7.92. The summed E-state index contributed by atoms with van der Waals surface area (Å²) < 4.78 is 73.4. The number of carbonyl (C=O) groups excluding carboxylic acids is 2. The number of carbonyl (C=O) groups is 2. The maximum absolute atomic E-state index is 14.0. The zero-order chi connectivity index (χ0) is 28.3. The molecule has 3 unspecified atom stereocenters. The minimum absolute atomic E-state index is 0.0705. The molecule has 5 rings (SSSR count). The van der Waals surface area contributed by atoms with Crippen molar-refractivity contribution in [1.82, 2.24) is 5.06 Å². The Kier molecular flexibility index (Phi) is 7.19. The first kappa shape index (κ1) is 27.9. The molecule has 5 atom stereocenters. The van der Waals surface area contributed by atoms with Crippen molar-refractivity contribution in [2.24, 2.45) is 17.8 Å². The van der Waals surface area contributed by atoms with Gasteiger partial charge >= 0.3 is 5.97 Å². The van der Waals surface area contributed by atoms with Crippen LogP contribution in [0.1, 0.15) is 36.0 Å². The number of sulfone groups is 1. The third-order valence-corrected chi connectivity index (χ3v) is 11.2. The van der Waals surface area contributed by atoms with Gasteiger partial charge < -0.3 is 10.1 Å². The average Bonchev–Trinajstić information content (AvgIpc) is 3.35. The van der Waals surface area contributed by atoms with E-state index in [0.29, 0.717) is 37.8 Å². The van der Waals surface area contributed by atoms with Crippen LogP contribution < -0.4 is 5.32 Å². The Hall–Kier alpha value is -2.67. The Morgan fingerprint density at radius 1 is 1.10 bits per heavy atom. The molecular formula is C26H26ClF3N2O6S. The van der Waals surface area contributed by atoms with Gasteiger partial charge in [0.15, 0.2) is 27.3 Å². The van der Waals surface area contributed by atoms with Crippen molar-refractivity contribution in [2.45, 2.75) is 41.4 Å². The number of methoxy groups -OCH3 is 1. The van der Waals surface area contributed by atoms with Crippen LogP contribution in [0.25, 0.3) is 0 Å². The molecule has 3 fully saturated rings. The average molecular weight is 587 g/mol. The standard InChI is InChI=1S/C26H26ClF3N2O6S/c1-32-26(17(12-38-32)25(34)37-2)10-14-3-4-15(11-26)23(14)39(35,36)21-7-13(5-6-18(21)27)24(33)31-16-8-19(28)22(30)20(29)9-16/h5-9,14-15,17,23H,3-4,10-12H2,1-2H3,(H,31,33)/t14-,15?,17?,23?,26+/m0/s1. The maximum Gasteiger partial charge on any atom is 0.313 e. The van der Waals surface area contributed by atoms with Gasteiger partial charge in [-0.15, -0.1) is 0 Å². The van der Waals surface area contributed by atoms with E-state index < -0.39 is 55.9 Å². The summed E-state index contributed by atoms with van der Waals surface area (Å²) in [5, 5.41) is 3.06. The monoisotopic (exact) mass is 586 g/mol. The molecule has 1 spiro atoms. The Balaban J connectivity index is 1.43. The van der Waals surface area contributed by atoms with E-state index in [1.54, 1.807) is 12.1 Å². The minimum Gasteiger partial charge on any atom is -0.469 e. The van der Waals surface area contributed by atoms with Crippen molar-refractivity contribution < 1.29 is 40.8 Å². The number of ether oxygens (including phenoxy) is 1. The molecule has 2 bridgehead atoms. The molecule has 0 aromatic heterocycles. The third kappa shape index (κ3) is 4.60. The van der Waals surface area contributed by atoms with Crippen molar-refractivity contribution in [3.8, 4) is 0 Å². The summed E-state index contributed by atoms with van der Waals surface area (Å²) in [7, 11) is -0.983. The van der Waals surface area contributed by atoms with Crippen LogP contribution in [0.4, 0.5) is 18.9 Å². The normalized spacial score (nSPS) is 28.6. The molecule has 2 aliphatic carbocycles. The van der Waals surface area contributed by atoms with Gasteiger partial charge in [0.05, 0.1) is 34.4 Å². The zero-order valence-electron chi connectivity index (χ0n) is 21.0. The summed E-state index contributed by atoms with van der Waals surface area (Å²) >= 11 is 6.33. The first-order valence-corrected chi connectivity index (χ1v) is 14.3. The number of hydroxylamine groups is 2. The van der Waals surface area contributed by atoms with E-state index in [1.807, 2.05) is 0 Å². The lowest BCUT2D eigenvalue weighted by Gasteiger charge is -2.46. The van der Waals surface area contributed by atoms with Crippen molar-refractivity contribution in [2.75, 3.05) is 26.1 Å². The predicted molar refractivity (Wildman–Crippen MR) is 134 cm³/mol. The van der Waals surface area contributed by atoms with Gasteiger partial charge in [-0.3, -0.25) is 14.4 Å². The van der Waals surface area contributed by atoms with Crippen molar-refractivity contribution in [1.29, 1.82) is 0 Å². The molecule has 39 heavy (non-hydrogen) atoms. The SMILES string of the molecule is COC(=O)C1CON(C)[C@]12CC1CC[C@@H](C2)C1S(=O)(=O)c1cc(C(=O)Nc2cc(F)c(F)c(F)c2)ccc1Cl. The molecule has 0 radical (unpaired) electrons. The summed E-state index contributed by atoms with van der Waals surface area (Å²) in [4.78, 5) is 30.8. The highest BCUT2D eigenvalue weighted by atomic mass is 35.5. The number of nitrogens with zero attached hydrogens (tertiary/aromatic N) is 1. The molecule has 2 aromatic rings. The summed E-state index contributed by atoms with van der Waals surface area (Å²) in [5.41, 5.74) is -1.14. The van der Waals surface area contributed by atoms with E-state index in [2.05, 4.69) is 5.32 Å². The molecule has 210 valence electrons. The lowest BCUT2D eigenvalue weighted by Crippen LogP contribution is -2.56. The van der Waals surface area contributed by atoms with Crippen LogP contribution in [-0.4, -0.2) is 56.9 Å². The number of fused-ring (bicyclic) bond motifs is 2. The fourth-order valence-electron chi connectivity index (χ4n) is 6.58. The van der Waals surface area contributed by atoms with Crippen molar-refractivity contribution in [3.63, 3.8) is 0 Å². The first-order chi connectivity index (χ1) is 18.4. The number of rotatable bonds is 5. The molecule has 2 saturated carbocycles. The number of hydrogen-bond acceptors (Lipinski definition) is 7. The number of nitrogens with one attached hydrogen (secondary N) is 1. The molecule has 1 heterocycles. The number of esters is 1. The minimum atomic E-state index is -4.04. The Morgan fingerprint density at radius 2 is 1.72 bits per heavy atom. The molecule has 1 N–H and O–H groups in total. The Bertz CT molecular complexity index is 1420. The van der Waals surface area contributed by atoms with Crippen LogP contribution in [0.15, 0.2) is 35.2 Å². The van der Waals surface area contributed by atoms with E-state index >= 15 is 0 Å². The zero-order valence-corrected chi connectivity index (χ0v) is 22.6. The lowest BCUT2D eigenvalue weighted by atomic mass is 9.68. The van der Waals surface area contributed by atoms with E-state index in [0.717, 1.165) is 6.07 Å². The van der Waals surface area contributed by atoms with Crippen molar-refractivity contribution in [3.05, 3.63) is 58.4 Å². The molecule has 1 amide bonds. The maximum atomic E-state index is 14.0. The van der Waals surface area contributed by atoms with Crippen LogP contribution >= 0.6 is 11.6 Å². The largest absolute Gasteiger partial charge is 0.469 e. The smallest absolute Gasteiger partial charge is 0.313 e. The van der Waals surface area contributed by atoms with Gasteiger partial charge in [-0.25, -0.2) is 21.6 Å². The molecule has 13 heteroatoms. The fourth-order valence-corrected chi connectivity index (χ4v) is 9.42. The van der Waals surface area contributed by atoms with Gasteiger partial charge in [0.1, 0.15) is 5.92 Å². The van der Waals surface area contributed by atoms with Crippen molar-refractivity contribution >= 4 is 39.0 Å². The van der Waals surface area contributed by atoms with Gasteiger partial charge in [-0.2, -0.15) is 5.06 Å². The molecule has 1 aliphatic heterocycles. The molecule has 8 nitrogen and oxygen atoms in total. The van der Waals surface area contributed by atoms with Gasteiger partial charge in [0.2, 0.25) is 0 Å². The summed E-state index contributed by atoms with van der Waals surface area (Å²) in [6, 6.07) is 4.92. The number of amides is 1. The van der Waals surface area contributed by atoms with Gasteiger partial charge in [0, 0.05) is 30.4 Å². The quantitative estimate of drug-likeness (QED) is 0.410. The number of benzene rings is 2. The predicted octanol–water partition coefficient (Wildman–Crippen LogP) is 4.38. The van der Waals surface area contributed by atoms with Gasteiger partial charge in [-0.05, 0) is 55.7 Å². The van der Waals surface area contributed by atoms with E-state index in [1.165, 1.54) is 19.2 Å². The van der Waals surface area contributed by atoms with Gasteiger partial charge in [0.25, 0.3) is 5.91 Å². The molecule has 3 aliphatic rings. The second-order valence-electron chi connectivity index (χ2n) is 10.3. The number of halogens is 4. The third-order valence-electron chi connectivity index (χ3n) is 8.37. The van der Waals surface area contributed by atoms with E-state index in [-0.39, 0.29) is 39.6 Å². The first-order valence-electron chi connectivity index (χ1n) is 12.3. The molecule has 2 aromatic carbocycles. The summed E-state index contributed by atoms with van der Waals surface area (Å²) in [5.74, 6) is -7.02. The van der Waals surface area contributed by atoms with Crippen LogP contribution in [-0.2, 0) is 24.2 Å². The topological polar surface area (TPSA) is 102 Å². The Morgan fingerprint density at radius 3 is 2.31 bits per heavy atom. The molecular weight excluding hydrogens is 561 g/mol. The second kappa shape index (κ2) is 10.1. The van der Waals surface area contributed by atoms with Crippen LogP contribution in [0.3, 0.4) is 0 Å². The summed E-state index contributed by atoms with van der Waals surface area (Å²) in [6.07, 6.45) is 2.08. The van der Waals surface area contributed by atoms with Crippen LogP contribution in [0.2, 0.25) is 5.02 Å². The number of hydrogen-bond donors (Lipinski definition) is 1. The van der Waals surface area contributed by atoms with Gasteiger partial charge in [-0.1, -0.05) is 11.6 Å².